The first-order valence-corrected chi connectivity index (χ1v) is 11.1. The van der Waals surface area contributed by atoms with Crippen LogP contribution in [-0.2, 0) is 19.8 Å². The van der Waals surface area contributed by atoms with Crippen molar-refractivity contribution in [3.05, 3.63) is 99.6 Å². The molecule has 32 heavy (non-hydrogen) atoms. The van der Waals surface area contributed by atoms with E-state index in [-0.39, 0.29) is 23.5 Å². The van der Waals surface area contributed by atoms with Crippen molar-refractivity contribution >= 4 is 34.9 Å². The van der Waals surface area contributed by atoms with E-state index < -0.39 is 17.3 Å². The number of amides is 2. The molecule has 2 amide bonds. The first kappa shape index (κ1) is 19.4. The Balaban J connectivity index is 1.66. The molecule has 2 atom stereocenters. The maximum atomic E-state index is 14.0. The number of carbonyl (C=O) groups is 3. The zero-order valence-corrected chi connectivity index (χ0v) is 18.4. The predicted molar refractivity (Wildman–Crippen MR) is 122 cm³/mol. The molecule has 1 fully saturated rings. The number of benzene rings is 3. The van der Waals surface area contributed by atoms with Gasteiger partial charge in [-0.25, -0.2) is 4.90 Å². The number of halogens is 1. The van der Waals surface area contributed by atoms with Gasteiger partial charge in [-0.3, -0.25) is 14.4 Å². The van der Waals surface area contributed by atoms with Crippen LogP contribution in [0.15, 0.2) is 66.7 Å². The van der Waals surface area contributed by atoms with E-state index in [4.69, 9.17) is 11.6 Å². The number of aryl methyl sites for hydroxylation is 1. The minimum Gasteiger partial charge on any atom is -0.299 e. The van der Waals surface area contributed by atoms with Crippen molar-refractivity contribution in [1.82, 2.24) is 0 Å². The van der Waals surface area contributed by atoms with E-state index in [2.05, 4.69) is 0 Å². The fourth-order valence-corrected chi connectivity index (χ4v) is 6.52. The Morgan fingerprint density at radius 3 is 2.06 bits per heavy atom. The van der Waals surface area contributed by atoms with Crippen molar-refractivity contribution in [2.24, 2.45) is 11.8 Å². The molecule has 0 N–H and O–H groups in total. The quantitative estimate of drug-likeness (QED) is 0.537. The number of anilines is 1. The second-order valence-corrected chi connectivity index (χ2v) is 9.37. The lowest BCUT2D eigenvalue weighted by Gasteiger charge is -2.52. The van der Waals surface area contributed by atoms with Crippen LogP contribution >= 0.6 is 11.6 Å². The van der Waals surface area contributed by atoms with E-state index in [9.17, 15) is 14.4 Å². The number of nitrogens with zero attached hydrogens (tertiary/aromatic N) is 1. The van der Waals surface area contributed by atoms with Gasteiger partial charge in [-0.2, -0.15) is 0 Å². The summed E-state index contributed by atoms with van der Waals surface area (Å²) in [5.74, 6) is -2.38. The molecule has 2 bridgehead atoms. The van der Waals surface area contributed by atoms with E-state index in [0.29, 0.717) is 10.7 Å². The normalized spacial score (nSPS) is 27.2. The summed E-state index contributed by atoms with van der Waals surface area (Å²) in [4.78, 5) is 42.6. The van der Waals surface area contributed by atoms with Crippen LogP contribution in [0.4, 0.5) is 5.69 Å². The Labute approximate surface area is 190 Å². The van der Waals surface area contributed by atoms with Gasteiger partial charge in [0.1, 0.15) is 5.78 Å². The maximum Gasteiger partial charge on any atom is 0.239 e. The molecule has 0 spiro atoms. The first-order chi connectivity index (χ1) is 15.4. The summed E-state index contributed by atoms with van der Waals surface area (Å²) in [5.41, 5.74) is 3.77. The summed E-state index contributed by atoms with van der Waals surface area (Å²) in [6.45, 7) is 3.41. The molecule has 4 aliphatic rings. The zero-order chi connectivity index (χ0) is 22.4. The van der Waals surface area contributed by atoms with Crippen molar-refractivity contribution in [2.45, 2.75) is 25.2 Å². The second kappa shape index (κ2) is 6.39. The zero-order valence-electron chi connectivity index (χ0n) is 17.6. The molecule has 0 radical (unpaired) electrons. The number of carbonyl (C=O) groups excluding carboxylic acids is 3. The molecule has 1 heterocycles. The molecular weight excluding hydrogens is 422 g/mol. The van der Waals surface area contributed by atoms with Gasteiger partial charge in [-0.1, -0.05) is 66.2 Å². The standard InChI is InChI=1S/C27H20ClNO3/c1-14-11-12-16(13-21(14)28)29-25(31)23-22-17-7-3-5-9-19(17)27(15(2)30,24(23)26(29)32)20-10-6-4-8-18(20)22/h3-13,22-24H,1-2H3/t22?,23-,24-,27?/m0/s1. The van der Waals surface area contributed by atoms with Crippen molar-refractivity contribution in [1.29, 1.82) is 0 Å². The first-order valence-electron chi connectivity index (χ1n) is 10.7. The lowest BCUT2D eigenvalue weighted by Crippen LogP contribution is -2.57. The number of hydrogen-bond donors (Lipinski definition) is 0. The van der Waals surface area contributed by atoms with Gasteiger partial charge >= 0.3 is 0 Å². The SMILES string of the molecule is CC(=O)C12c3ccccc3C(c3ccccc31)[C@@H]1C(=O)N(c3ccc(C)c(Cl)c3)C(=O)[C@H]12. The summed E-state index contributed by atoms with van der Waals surface area (Å²) in [6, 6.07) is 20.8. The molecule has 4 nitrogen and oxygen atoms in total. The van der Waals surface area contributed by atoms with Crippen molar-refractivity contribution in [2.75, 3.05) is 4.90 Å². The molecule has 5 heteroatoms. The highest BCUT2D eigenvalue weighted by Gasteiger charge is 2.69. The van der Waals surface area contributed by atoms with Gasteiger partial charge in [0.25, 0.3) is 0 Å². The van der Waals surface area contributed by atoms with Crippen LogP contribution in [0.25, 0.3) is 0 Å². The monoisotopic (exact) mass is 441 g/mol. The third-order valence-corrected chi connectivity index (χ3v) is 7.99. The number of imide groups is 1. The van der Waals surface area contributed by atoms with E-state index in [1.165, 1.54) is 4.90 Å². The fraction of sp³-hybridized carbons (Fsp3) is 0.222. The van der Waals surface area contributed by atoms with Crippen LogP contribution < -0.4 is 4.90 Å². The molecule has 1 saturated heterocycles. The summed E-state index contributed by atoms with van der Waals surface area (Å²) in [5, 5.41) is 0.494. The highest BCUT2D eigenvalue weighted by molar-refractivity contribution is 6.32. The van der Waals surface area contributed by atoms with Gasteiger partial charge in [0.15, 0.2) is 0 Å². The van der Waals surface area contributed by atoms with Gasteiger partial charge in [0.05, 0.1) is 22.9 Å². The van der Waals surface area contributed by atoms with Gasteiger partial charge in [-0.05, 0) is 53.8 Å². The lowest BCUT2D eigenvalue weighted by molar-refractivity contribution is -0.132. The molecular formula is C27H20ClNO3. The number of hydrogen-bond acceptors (Lipinski definition) is 3. The van der Waals surface area contributed by atoms with Crippen molar-refractivity contribution in [3.8, 4) is 0 Å². The maximum absolute atomic E-state index is 14.0. The van der Waals surface area contributed by atoms with Crippen LogP contribution in [0, 0.1) is 18.8 Å². The van der Waals surface area contributed by atoms with Crippen LogP contribution in [0.3, 0.4) is 0 Å². The van der Waals surface area contributed by atoms with Crippen LogP contribution in [-0.4, -0.2) is 17.6 Å². The third kappa shape index (κ3) is 2.11. The minimum atomic E-state index is -1.18. The molecule has 0 unspecified atom stereocenters. The van der Waals surface area contributed by atoms with E-state index in [0.717, 1.165) is 27.8 Å². The Morgan fingerprint density at radius 1 is 0.906 bits per heavy atom. The smallest absolute Gasteiger partial charge is 0.239 e. The Hall–Kier alpha value is -3.24. The summed E-state index contributed by atoms with van der Waals surface area (Å²) >= 11 is 6.33. The fourth-order valence-electron chi connectivity index (χ4n) is 6.35. The van der Waals surface area contributed by atoms with Gasteiger partial charge in [0, 0.05) is 10.9 Å². The van der Waals surface area contributed by atoms with E-state index in [1.54, 1.807) is 25.1 Å². The molecule has 3 aromatic carbocycles. The summed E-state index contributed by atoms with van der Waals surface area (Å²) in [7, 11) is 0. The number of ketones is 1. The van der Waals surface area contributed by atoms with E-state index >= 15 is 0 Å². The third-order valence-electron chi connectivity index (χ3n) is 7.59. The highest BCUT2D eigenvalue weighted by Crippen LogP contribution is 2.64. The topological polar surface area (TPSA) is 54.5 Å². The molecule has 158 valence electrons. The van der Waals surface area contributed by atoms with Crippen molar-refractivity contribution in [3.63, 3.8) is 0 Å². The molecule has 3 aliphatic carbocycles. The Morgan fingerprint density at radius 2 is 1.50 bits per heavy atom. The van der Waals surface area contributed by atoms with Crippen molar-refractivity contribution < 1.29 is 14.4 Å². The largest absolute Gasteiger partial charge is 0.299 e. The molecule has 3 aromatic rings. The van der Waals surface area contributed by atoms with E-state index in [1.807, 2.05) is 55.5 Å². The lowest BCUT2D eigenvalue weighted by atomic mass is 9.46. The van der Waals surface area contributed by atoms with Gasteiger partial charge < -0.3 is 0 Å². The Bertz CT molecular complexity index is 1310. The average Bonchev–Trinajstić information content (AvgIpc) is 3.06. The highest BCUT2D eigenvalue weighted by atomic mass is 35.5. The summed E-state index contributed by atoms with van der Waals surface area (Å²) in [6.07, 6.45) is 0. The number of Topliss-reactive ketones (excluding diaryl/α,β-unsaturated/α-hetero) is 1. The molecule has 0 saturated carbocycles. The van der Waals surface area contributed by atoms with Gasteiger partial charge in [0.2, 0.25) is 11.8 Å². The summed E-state index contributed by atoms with van der Waals surface area (Å²) < 4.78 is 0. The second-order valence-electron chi connectivity index (χ2n) is 8.97. The average molecular weight is 442 g/mol. The predicted octanol–water partition coefficient (Wildman–Crippen LogP) is 4.79. The molecule has 0 aromatic heterocycles. The van der Waals surface area contributed by atoms with Crippen LogP contribution in [0.5, 0.6) is 0 Å². The number of rotatable bonds is 2. The van der Waals surface area contributed by atoms with Crippen LogP contribution in [0.1, 0.15) is 40.7 Å². The molecule has 1 aliphatic heterocycles. The molecule has 7 rings (SSSR count). The minimum absolute atomic E-state index is 0.115. The van der Waals surface area contributed by atoms with Gasteiger partial charge in [-0.15, -0.1) is 0 Å². The van der Waals surface area contributed by atoms with Crippen LogP contribution in [0.2, 0.25) is 5.02 Å². The Kier molecular flexibility index (Phi) is 3.89.